The zero-order chi connectivity index (χ0) is 10.1. The molecule has 1 aromatic carbocycles. The van der Waals surface area contributed by atoms with Gasteiger partial charge in [-0.1, -0.05) is 6.07 Å². The Hall–Kier alpha value is -0.830. The summed E-state index contributed by atoms with van der Waals surface area (Å²) >= 11 is 3.41. The van der Waals surface area contributed by atoms with Gasteiger partial charge in [-0.05, 0) is 53.4 Å². The number of hydrogen-bond acceptors (Lipinski definition) is 1. The first-order valence-electron chi connectivity index (χ1n) is 4.74. The van der Waals surface area contributed by atoms with E-state index in [1.54, 1.807) is 0 Å². The van der Waals surface area contributed by atoms with E-state index < -0.39 is 0 Å². The van der Waals surface area contributed by atoms with Gasteiger partial charge in [0.2, 0.25) is 5.91 Å². The van der Waals surface area contributed by atoms with Crippen molar-refractivity contribution in [2.45, 2.75) is 19.8 Å². The molecule has 0 heterocycles. The van der Waals surface area contributed by atoms with Crippen molar-refractivity contribution in [1.82, 2.24) is 0 Å². The number of rotatable bonds is 2. The maximum atomic E-state index is 11.5. The topological polar surface area (TPSA) is 29.1 Å². The first kappa shape index (κ1) is 9.71. The molecule has 0 atom stereocenters. The number of amides is 1. The van der Waals surface area contributed by atoms with Crippen molar-refractivity contribution in [2.24, 2.45) is 5.92 Å². The number of halogens is 1. The molecule has 1 N–H and O–H groups in total. The molecule has 0 saturated heterocycles. The molecule has 14 heavy (non-hydrogen) atoms. The fourth-order valence-electron chi connectivity index (χ4n) is 1.32. The monoisotopic (exact) mass is 253 g/mol. The predicted octanol–water partition coefficient (Wildman–Crippen LogP) is 3.11. The van der Waals surface area contributed by atoms with E-state index in [-0.39, 0.29) is 11.8 Å². The molecule has 0 aliphatic heterocycles. The van der Waals surface area contributed by atoms with Crippen molar-refractivity contribution >= 4 is 27.5 Å². The number of anilines is 1. The van der Waals surface area contributed by atoms with Crippen LogP contribution in [0.15, 0.2) is 22.7 Å². The largest absolute Gasteiger partial charge is 0.325 e. The summed E-state index contributed by atoms with van der Waals surface area (Å²) < 4.78 is 0.942. The third-order valence-electron chi connectivity index (χ3n) is 2.33. The molecule has 2 rings (SSSR count). The Balaban J connectivity index is 2.14. The second-order valence-corrected chi connectivity index (χ2v) is 4.60. The first-order chi connectivity index (χ1) is 6.66. The summed E-state index contributed by atoms with van der Waals surface area (Å²) in [5.74, 6) is 0.402. The standard InChI is InChI=1S/C11H12BrNO/c1-7-2-5-9(12)10(6-7)13-11(14)8-3-4-8/h2,5-6,8H,3-4H2,1H3,(H,13,14). The molecular weight excluding hydrogens is 242 g/mol. The highest BCUT2D eigenvalue weighted by atomic mass is 79.9. The fourth-order valence-corrected chi connectivity index (χ4v) is 1.66. The Labute approximate surface area is 91.8 Å². The van der Waals surface area contributed by atoms with Gasteiger partial charge in [0, 0.05) is 10.4 Å². The summed E-state index contributed by atoms with van der Waals surface area (Å²) in [6.45, 7) is 2.01. The molecule has 2 nitrogen and oxygen atoms in total. The molecule has 74 valence electrons. The molecule has 1 aliphatic rings. The summed E-state index contributed by atoms with van der Waals surface area (Å²) in [7, 11) is 0. The summed E-state index contributed by atoms with van der Waals surface area (Å²) in [4.78, 5) is 11.5. The molecule has 0 radical (unpaired) electrons. The van der Waals surface area contributed by atoms with E-state index in [1.165, 1.54) is 0 Å². The number of benzene rings is 1. The van der Waals surface area contributed by atoms with Gasteiger partial charge in [-0.3, -0.25) is 4.79 Å². The normalized spacial score (nSPS) is 15.3. The van der Waals surface area contributed by atoms with Crippen molar-refractivity contribution in [2.75, 3.05) is 5.32 Å². The lowest BCUT2D eigenvalue weighted by Crippen LogP contribution is -2.13. The Morgan fingerprint density at radius 2 is 2.21 bits per heavy atom. The van der Waals surface area contributed by atoms with Crippen LogP contribution in [0.4, 0.5) is 5.69 Å². The second-order valence-electron chi connectivity index (χ2n) is 3.75. The maximum Gasteiger partial charge on any atom is 0.227 e. The molecule has 0 aromatic heterocycles. The average Bonchev–Trinajstić information content (AvgIpc) is 2.94. The van der Waals surface area contributed by atoms with E-state index in [4.69, 9.17) is 0 Å². The van der Waals surface area contributed by atoms with E-state index >= 15 is 0 Å². The molecule has 1 amide bonds. The number of hydrogen-bond donors (Lipinski definition) is 1. The number of carbonyl (C=O) groups excluding carboxylic acids is 1. The Kier molecular flexibility index (Phi) is 2.59. The summed E-state index contributed by atoms with van der Waals surface area (Å²) in [5.41, 5.74) is 2.03. The van der Waals surface area contributed by atoms with Crippen LogP contribution in [0.1, 0.15) is 18.4 Å². The summed E-state index contributed by atoms with van der Waals surface area (Å²) in [6.07, 6.45) is 2.07. The quantitative estimate of drug-likeness (QED) is 0.863. The van der Waals surface area contributed by atoms with E-state index in [0.29, 0.717) is 0 Å². The number of carbonyl (C=O) groups is 1. The zero-order valence-electron chi connectivity index (χ0n) is 8.01. The van der Waals surface area contributed by atoms with Crippen molar-refractivity contribution in [3.63, 3.8) is 0 Å². The SMILES string of the molecule is Cc1ccc(Br)c(NC(=O)C2CC2)c1. The van der Waals surface area contributed by atoms with Gasteiger partial charge < -0.3 is 5.32 Å². The summed E-state index contributed by atoms with van der Waals surface area (Å²) in [5, 5.41) is 2.93. The molecule has 0 spiro atoms. The highest BCUT2D eigenvalue weighted by Crippen LogP contribution is 2.31. The Morgan fingerprint density at radius 3 is 2.86 bits per heavy atom. The van der Waals surface area contributed by atoms with Gasteiger partial charge >= 0.3 is 0 Å². The van der Waals surface area contributed by atoms with Crippen LogP contribution < -0.4 is 5.32 Å². The van der Waals surface area contributed by atoms with Crippen LogP contribution in [0.3, 0.4) is 0 Å². The second kappa shape index (κ2) is 3.73. The lowest BCUT2D eigenvalue weighted by molar-refractivity contribution is -0.117. The lowest BCUT2D eigenvalue weighted by Gasteiger charge is -2.07. The van der Waals surface area contributed by atoms with Crippen LogP contribution >= 0.6 is 15.9 Å². The molecule has 1 fully saturated rings. The van der Waals surface area contributed by atoms with Gasteiger partial charge in [0.1, 0.15) is 0 Å². The lowest BCUT2D eigenvalue weighted by atomic mass is 10.2. The van der Waals surface area contributed by atoms with Gasteiger partial charge in [0.05, 0.1) is 5.69 Å². The third-order valence-corrected chi connectivity index (χ3v) is 3.02. The third kappa shape index (κ3) is 2.15. The van der Waals surface area contributed by atoms with E-state index in [2.05, 4.69) is 21.2 Å². The van der Waals surface area contributed by atoms with Gasteiger partial charge in [0.15, 0.2) is 0 Å². The number of aryl methyl sites for hydroxylation is 1. The van der Waals surface area contributed by atoms with Crippen molar-refractivity contribution < 1.29 is 4.79 Å². The number of nitrogens with one attached hydrogen (secondary N) is 1. The average molecular weight is 254 g/mol. The van der Waals surface area contributed by atoms with E-state index in [9.17, 15) is 4.79 Å². The molecule has 1 aromatic rings. The maximum absolute atomic E-state index is 11.5. The van der Waals surface area contributed by atoms with E-state index in [1.807, 2.05) is 25.1 Å². The molecule has 1 aliphatic carbocycles. The summed E-state index contributed by atoms with van der Waals surface area (Å²) in [6, 6.07) is 5.94. The van der Waals surface area contributed by atoms with Gasteiger partial charge in [-0.2, -0.15) is 0 Å². The van der Waals surface area contributed by atoms with Crippen molar-refractivity contribution in [3.8, 4) is 0 Å². The van der Waals surface area contributed by atoms with Crippen LogP contribution in [0.25, 0.3) is 0 Å². The van der Waals surface area contributed by atoms with Gasteiger partial charge in [0.25, 0.3) is 0 Å². The van der Waals surface area contributed by atoms with Crippen molar-refractivity contribution in [1.29, 1.82) is 0 Å². The fraction of sp³-hybridized carbons (Fsp3) is 0.364. The van der Waals surface area contributed by atoms with Crippen LogP contribution in [-0.2, 0) is 4.79 Å². The highest BCUT2D eigenvalue weighted by Gasteiger charge is 2.29. The van der Waals surface area contributed by atoms with Crippen LogP contribution in [0.2, 0.25) is 0 Å². The van der Waals surface area contributed by atoms with Gasteiger partial charge in [-0.15, -0.1) is 0 Å². The van der Waals surface area contributed by atoms with Crippen molar-refractivity contribution in [3.05, 3.63) is 28.2 Å². The Bertz CT molecular complexity index is 372. The zero-order valence-corrected chi connectivity index (χ0v) is 9.60. The minimum Gasteiger partial charge on any atom is -0.325 e. The molecule has 0 unspecified atom stereocenters. The minimum absolute atomic E-state index is 0.149. The highest BCUT2D eigenvalue weighted by molar-refractivity contribution is 9.10. The first-order valence-corrected chi connectivity index (χ1v) is 5.53. The predicted molar refractivity (Wildman–Crippen MR) is 60.2 cm³/mol. The van der Waals surface area contributed by atoms with Crippen LogP contribution in [0, 0.1) is 12.8 Å². The molecule has 1 saturated carbocycles. The molecule has 3 heteroatoms. The van der Waals surface area contributed by atoms with Gasteiger partial charge in [-0.25, -0.2) is 0 Å². The molecule has 0 bridgehead atoms. The molecular formula is C11H12BrNO. The Morgan fingerprint density at radius 1 is 1.50 bits per heavy atom. The van der Waals surface area contributed by atoms with Crippen LogP contribution in [0.5, 0.6) is 0 Å². The minimum atomic E-state index is 0.149. The smallest absolute Gasteiger partial charge is 0.227 e. The van der Waals surface area contributed by atoms with E-state index in [0.717, 1.165) is 28.6 Å². The van der Waals surface area contributed by atoms with Crippen LogP contribution in [-0.4, -0.2) is 5.91 Å².